The van der Waals surface area contributed by atoms with Crippen LogP contribution in [0.2, 0.25) is 0 Å². The van der Waals surface area contributed by atoms with Crippen molar-refractivity contribution in [2.75, 3.05) is 0 Å². The molecule has 2 aromatic rings. The normalized spacial score (nSPS) is 10.7. The van der Waals surface area contributed by atoms with Gasteiger partial charge >= 0.3 is 0 Å². The van der Waals surface area contributed by atoms with E-state index in [0.29, 0.717) is 11.3 Å². The van der Waals surface area contributed by atoms with Crippen molar-refractivity contribution in [3.05, 3.63) is 28.6 Å². The van der Waals surface area contributed by atoms with Crippen LogP contribution in [-0.4, -0.2) is 19.9 Å². The molecular formula is C9H12N4OS. The molecule has 0 radical (unpaired) electrons. The van der Waals surface area contributed by atoms with Crippen LogP contribution in [0.15, 0.2) is 16.8 Å². The van der Waals surface area contributed by atoms with Crippen LogP contribution in [0.4, 0.5) is 0 Å². The molecule has 0 aromatic carbocycles. The van der Waals surface area contributed by atoms with Gasteiger partial charge in [0.15, 0.2) is 10.5 Å². The number of hydrogen-bond acceptors (Lipinski definition) is 4. The van der Waals surface area contributed by atoms with E-state index in [1.165, 1.54) is 0 Å². The molecule has 2 heterocycles. The van der Waals surface area contributed by atoms with Crippen molar-refractivity contribution in [3.63, 3.8) is 0 Å². The van der Waals surface area contributed by atoms with Crippen LogP contribution in [0, 0.1) is 4.77 Å². The van der Waals surface area contributed by atoms with Crippen molar-refractivity contribution in [2.24, 2.45) is 0 Å². The quantitative estimate of drug-likeness (QED) is 0.806. The topological polar surface area (TPSA) is 59.6 Å². The molecule has 5 nitrogen and oxygen atoms in total. The summed E-state index contributed by atoms with van der Waals surface area (Å²) < 4.78 is 7.59. The van der Waals surface area contributed by atoms with E-state index >= 15 is 0 Å². The maximum Gasteiger partial charge on any atom is 0.195 e. The van der Waals surface area contributed by atoms with E-state index in [4.69, 9.17) is 16.7 Å². The molecule has 0 aliphatic rings. The van der Waals surface area contributed by atoms with Gasteiger partial charge < -0.3 is 4.52 Å². The van der Waals surface area contributed by atoms with E-state index in [0.717, 1.165) is 24.4 Å². The summed E-state index contributed by atoms with van der Waals surface area (Å²) in [6, 6.07) is 1.82. The van der Waals surface area contributed by atoms with Crippen molar-refractivity contribution < 1.29 is 4.52 Å². The predicted molar refractivity (Wildman–Crippen MR) is 57.0 cm³/mol. The van der Waals surface area contributed by atoms with Gasteiger partial charge in [0, 0.05) is 12.5 Å². The number of nitrogens with zero attached hydrogens (tertiary/aromatic N) is 3. The third kappa shape index (κ3) is 2.15. The van der Waals surface area contributed by atoms with E-state index in [-0.39, 0.29) is 0 Å². The lowest BCUT2D eigenvalue weighted by Crippen LogP contribution is -2.04. The molecule has 0 saturated heterocycles. The number of nitrogens with one attached hydrogen (secondary N) is 1. The molecule has 1 N–H and O–H groups in total. The van der Waals surface area contributed by atoms with Crippen molar-refractivity contribution >= 4 is 12.2 Å². The van der Waals surface area contributed by atoms with Crippen molar-refractivity contribution in [3.8, 4) is 0 Å². The Bertz CT molecular complexity index is 471. The molecule has 0 fully saturated rings. The Kier molecular flexibility index (Phi) is 2.96. The Labute approximate surface area is 92.1 Å². The van der Waals surface area contributed by atoms with Gasteiger partial charge in [0.1, 0.15) is 5.82 Å². The van der Waals surface area contributed by atoms with Gasteiger partial charge in [-0.2, -0.15) is 5.10 Å². The molecule has 0 aliphatic heterocycles. The van der Waals surface area contributed by atoms with E-state index in [2.05, 4.69) is 22.3 Å². The van der Waals surface area contributed by atoms with Crippen molar-refractivity contribution in [1.82, 2.24) is 19.9 Å². The third-order valence-corrected chi connectivity index (χ3v) is 2.43. The van der Waals surface area contributed by atoms with Crippen LogP contribution >= 0.6 is 12.2 Å². The zero-order chi connectivity index (χ0) is 10.7. The predicted octanol–water partition coefficient (Wildman–Crippen LogP) is 1.93. The SMILES string of the molecule is CCCc1n[nH]c(=S)n1Cc1ccno1. The van der Waals surface area contributed by atoms with E-state index in [1.54, 1.807) is 6.20 Å². The molecule has 0 saturated carbocycles. The van der Waals surface area contributed by atoms with E-state index in [9.17, 15) is 0 Å². The summed E-state index contributed by atoms with van der Waals surface area (Å²) in [5.41, 5.74) is 0. The van der Waals surface area contributed by atoms with Crippen LogP contribution in [0.25, 0.3) is 0 Å². The van der Waals surface area contributed by atoms with Crippen LogP contribution < -0.4 is 0 Å². The molecule has 0 atom stereocenters. The first-order valence-electron chi connectivity index (χ1n) is 4.85. The van der Waals surface area contributed by atoms with Gasteiger partial charge in [-0.3, -0.25) is 9.67 Å². The number of aromatic nitrogens is 4. The molecule has 0 amide bonds. The van der Waals surface area contributed by atoms with Crippen LogP contribution in [-0.2, 0) is 13.0 Å². The zero-order valence-corrected chi connectivity index (χ0v) is 9.25. The maximum absolute atomic E-state index is 5.14. The van der Waals surface area contributed by atoms with Gasteiger partial charge in [0.2, 0.25) is 0 Å². The fraction of sp³-hybridized carbons (Fsp3) is 0.444. The van der Waals surface area contributed by atoms with Crippen LogP contribution in [0.5, 0.6) is 0 Å². The molecule has 0 spiro atoms. The number of rotatable bonds is 4. The Hall–Kier alpha value is -1.43. The zero-order valence-electron chi connectivity index (χ0n) is 8.43. The number of aryl methyl sites for hydroxylation is 1. The molecule has 2 aromatic heterocycles. The van der Waals surface area contributed by atoms with E-state index in [1.807, 2.05) is 10.6 Å². The van der Waals surface area contributed by atoms with Crippen LogP contribution in [0.1, 0.15) is 24.9 Å². The first-order valence-corrected chi connectivity index (χ1v) is 5.25. The second kappa shape index (κ2) is 4.39. The molecule has 2 rings (SSSR count). The standard InChI is InChI=1S/C9H12N4OS/c1-2-3-8-11-12-9(15)13(8)6-7-4-5-10-14-7/h4-5H,2-3,6H2,1H3,(H,12,15). The Morgan fingerprint density at radius 2 is 2.47 bits per heavy atom. The third-order valence-electron chi connectivity index (χ3n) is 2.12. The second-order valence-corrected chi connectivity index (χ2v) is 3.65. The van der Waals surface area contributed by atoms with Crippen molar-refractivity contribution in [2.45, 2.75) is 26.3 Å². The van der Waals surface area contributed by atoms with Gasteiger partial charge in [-0.1, -0.05) is 12.1 Å². The first kappa shape index (κ1) is 10.1. The number of hydrogen-bond donors (Lipinski definition) is 1. The summed E-state index contributed by atoms with van der Waals surface area (Å²) in [6.07, 6.45) is 3.57. The summed E-state index contributed by atoms with van der Waals surface area (Å²) >= 11 is 5.14. The largest absolute Gasteiger partial charge is 0.359 e. The fourth-order valence-corrected chi connectivity index (χ4v) is 1.62. The lowest BCUT2D eigenvalue weighted by Gasteiger charge is -2.02. The minimum Gasteiger partial charge on any atom is -0.359 e. The summed E-state index contributed by atoms with van der Waals surface area (Å²) in [6.45, 7) is 2.70. The molecule has 15 heavy (non-hydrogen) atoms. The average molecular weight is 224 g/mol. The number of aromatic amines is 1. The van der Waals surface area contributed by atoms with Crippen molar-refractivity contribution in [1.29, 1.82) is 0 Å². The highest BCUT2D eigenvalue weighted by atomic mass is 32.1. The highest BCUT2D eigenvalue weighted by Crippen LogP contribution is 2.06. The Morgan fingerprint density at radius 3 is 3.13 bits per heavy atom. The summed E-state index contributed by atoms with van der Waals surface area (Å²) in [4.78, 5) is 0. The minimum atomic E-state index is 0.588. The highest BCUT2D eigenvalue weighted by molar-refractivity contribution is 7.71. The first-order chi connectivity index (χ1) is 7.31. The summed E-state index contributed by atoms with van der Waals surface area (Å²) in [7, 11) is 0. The molecule has 0 aliphatic carbocycles. The smallest absolute Gasteiger partial charge is 0.195 e. The molecular weight excluding hydrogens is 212 g/mol. The van der Waals surface area contributed by atoms with Crippen LogP contribution in [0.3, 0.4) is 0 Å². The monoisotopic (exact) mass is 224 g/mol. The molecule has 80 valence electrons. The average Bonchev–Trinajstić information content (AvgIpc) is 2.83. The Morgan fingerprint density at radius 1 is 1.60 bits per heavy atom. The second-order valence-electron chi connectivity index (χ2n) is 3.26. The highest BCUT2D eigenvalue weighted by Gasteiger charge is 2.07. The van der Waals surface area contributed by atoms with Gasteiger partial charge in [-0.15, -0.1) is 0 Å². The minimum absolute atomic E-state index is 0.588. The van der Waals surface area contributed by atoms with E-state index < -0.39 is 0 Å². The molecule has 6 heteroatoms. The fourth-order valence-electron chi connectivity index (χ4n) is 1.41. The lowest BCUT2D eigenvalue weighted by atomic mass is 10.3. The molecule has 0 unspecified atom stereocenters. The lowest BCUT2D eigenvalue weighted by molar-refractivity contribution is 0.374. The Balaban J connectivity index is 2.26. The van der Waals surface area contributed by atoms with Gasteiger partial charge in [0.05, 0.1) is 12.7 Å². The summed E-state index contributed by atoms with van der Waals surface area (Å²) in [5, 5.41) is 10.6. The van der Waals surface area contributed by atoms with Gasteiger partial charge in [-0.05, 0) is 18.6 Å². The van der Waals surface area contributed by atoms with Gasteiger partial charge in [-0.25, -0.2) is 0 Å². The van der Waals surface area contributed by atoms with Gasteiger partial charge in [0.25, 0.3) is 0 Å². The maximum atomic E-state index is 5.14. The summed E-state index contributed by atoms with van der Waals surface area (Å²) in [5.74, 6) is 1.74. The number of H-pyrrole nitrogens is 1. The molecule has 0 bridgehead atoms.